The van der Waals surface area contributed by atoms with Crippen molar-refractivity contribution in [3.05, 3.63) is 46.7 Å². The van der Waals surface area contributed by atoms with Gasteiger partial charge in [0.05, 0.1) is 28.0 Å². The molecule has 2 unspecified atom stereocenters. The van der Waals surface area contributed by atoms with Crippen molar-refractivity contribution < 1.29 is 8.42 Å². The van der Waals surface area contributed by atoms with Gasteiger partial charge in [0, 0.05) is 13.0 Å². The third-order valence-electron chi connectivity index (χ3n) is 3.99. The van der Waals surface area contributed by atoms with E-state index < -0.39 is 10.0 Å². The number of fused-ring (bicyclic) bond motifs is 1. The second-order valence-corrected chi connectivity index (χ2v) is 7.65. The molecule has 1 aliphatic heterocycles. The van der Waals surface area contributed by atoms with Gasteiger partial charge in [-0.3, -0.25) is 14.4 Å². The van der Waals surface area contributed by atoms with E-state index in [4.69, 9.17) is 11.6 Å². The van der Waals surface area contributed by atoms with E-state index in [1.807, 2.05) is 13.0 Å². The summed E-state index contributed by atoms with van der Waals surface area (Å²) in [7, 11) is -1.90. The van der Waals surface area contributed by atoms with Crippen LogP contribution in [0.4, 0.5) is 5.69 Å². The highest BCUT2D eigenvalue weighted by molar-refractivity contribution is 7.96. The molecule has 1 aliphatic carbocycles. The van der Waals surface area contributed by atoms with Gasteiger partial charge in [0.2, 0.25) is 0 Å². The van der Waals surface area contributed by atoms with Gasteiger partial charge in [-0.2, -0.15) is 5.10 Å². The summed E-state index contributed by atoms with van der Waals surface area (Å²) in [4.78, 5) is 4.49. The summed E-state index contributed by atoms with van der Waals surface area (Å²) >= 11 is 5.88. The van der Waals surface area contributed by atoms with E-state index in [0.29, 0.717) is 16.6 Å². The van der Waals surface area contributed by atoms with Crippen LogP contribution in [-0.2, 0) is 17.1 Å². The second-order valence-electron chi connectivity index (χ2n) is 5.58. The topological polar surface area (TPSA) is 76.3 Å². The van der Waals surface area contributed by atoms with Gasteiger partial charge in [0.25, 0.3) is 10.0 Å². The average molecular weight is 353 g/mol. The molecule has 0 bridgehead atoms. The first-order valence-corrected chi connectivity index (χ1v) is 8.98. The van der Waals surface area contributed by atoms with Crippen molar-refractivity contribution in [2.24, 2.45) is 18.0 Å². The van der Waals surface area contributed by atoms with Gasteiger partial charge in [-0.1, -0.05) is 29.8 Å². The Morgan fingerprint density at radius 2 is 2.00 bits per heavy atom. The molecule has 0 saturated carbocycles. The summed E-state index contributed by atoms with van der Waals surface area (Å²) in [6, 6.07) is -0.145. The van der Waals surface area contributed by atoms with Crippen LogP contribution in [0.2, 0.25) is 0 Å². The predicted octanol–water partition coefficient (Wildman–Crippen LogP) is 2.42. The fourth-order valence-electron chi connectivity index (χ4n) is 2.63. The summed E-state index contributed by atoms with van der Waals surface area (Å²) in [6.07, 6.45) is 8.56. The van der Waals surface area contributed by atoms with Crippen LogP contribution in [0.25, 0.3) is 0 Å². The van der Waals surface area contributed by atoms with Crippen LogP contribution in [0.3, 0.4) is 0 Å². The van der Waals surface area contributed by atoms with Crippen molar-refractivity contribution in [3.8, 4) is 0 Å². The van der Waals surface area contributed by atoms with Crippen LogP contribution in [0, 0.1) is 19.8 Å². The molecule has 8 heteroatoms. The van der Waals surface area contributed by atoms with Crippen LogP contribution >= 0.6 is 11.6 Å². The minimum absolute atomic E-state index is 0.106. The third kappa shape index (κ3) is 2.98. The van der Waals surface area contributed by atoms with Gasteiger partial charge in [-0.25, -0.2) is 8.42 Å². The standard InChI is InChI=1S/C15H17ClN4O2S/c1-9-15(10(2)20(3)18-9)19-23(21,22)12-5-6-13-11(8-12)4-7-14(16)17-13/h4-8,11,13,19H,1-3H3. The Morgan fingerprint density at radius 1 is 1.26 bits per heavy atom. The van der Waals surface area contributed by atoms with Crippen LogP contribution in [-0.4, -0.2) is 29.4 Å². The number of hydrogen-bond donors (Lipinski definition) is 1. The van der Waals surface area contributed by atoms with Crippen molar-refractivity contribution in [3.63, 3.8) is 0 Å². The van der Waals surface area contributed by atoms with Gasteiger partial charge >= 0.3 is 0 Å². The summed E-state index contributed by atoms with van der Waals surface area (Å²) in [5, 5.41) is 4.65. The van der Waals surface area contributed by atoms with Gasteiger partial charge < -0.3 is 0 Å². The Balaban J connectivity index is 1.90. The van der Waals surface area contributed by atoms with Gasteiger partial charge in [-0.05, 0) is 26.0 Å². The number of anilines is 1. The minimum atomic E-state index is -3.68. The molecule has 1 N–H and O–H groups in total. The lowest BCUT2D eigenvalue weighted by molar-refractivity contribution is 0.605. The van der Waals surface area contributed by atoms with Gasteiger partial charge in [0.1, 0.15) is 5.17 Å². The molecular weight excluding hydrogens is 336 g/mol. The number of halogens is 1. The van der Waals surface area contributed by atoms with Crippen molar-refractivity contribution in [1.29, 1.82) is 0 Å². The van der Waals surface area contributed by atoms with Gasteiger partial charge in [0.15, 0.2) is 0 Å². The number of aliphatic imine (C=N–C) groups is 1. The van der Waals surface area contributed by atoms with Crippen LogP contribution in [0.15, 0.2) is 40.3 Å². The zero-order valence-electron chi connectivity index (χ0n) is 13.0. The molecule has 2 aliphatic rings. The van der Waals surface area contributed by atoms with E-state index in [0.717, 1.165) is 5.69 Å². The lowest BCUT2D eigenvalue weighted by atomic mass is 9.94. The van der Waals surface area contributed by atoms with E-state index >= 15 is 0 Å². The van der Waals surface area contributed by atoms with Crippen molar-refractivity contribution in [2.75, 3.05) is 4.72 Å². The molecule has 0 spiro atoms. The number of nitrogens with one attached hydrogen (secondary N) is 1. The monoisotopic (exact) mass is 352 g/mol. The summed E-state index contributed by atoms with van der Waals surface area (Å²) in [6.45, 7) is 3.59. The Labute approximate surface area is 140 Å². The van der Waals surface area contributed by atoms with Crippen LogP contribution in [0.1, 0.15) is 11.4 Å². The summed E-state index contributed by atoms with van der Waals surface area (Å²) in [5.74, 6) is -0.106. The van der Waals surface area contributed by atoms with Crippen molar-refractivity contribution >= 4 is 32.5 Å². The fourth-order valence-corrected chi connectivity index (χ4v) is 4.10. The van der Waals surface area contributed by atoms with Gasteiger partial charge in [-0.15, -0.1) is 0 Å². The number of dihydropyridines is 1. The highest BCUT2D eigenvalue weighted by Crippen LogP contribution is 2.29. The SMILES string of the molecule is Cc1nn(C)c(C)c1NS(=O)(=O)C1=CC2C=CC(Cl)=NC2C=C1. The molecule has 1 aromatic rings. The number of allylic oxidation sites excluding steroid dienone is 2. The lowest BCUT2D eigenvalue weighted by Gasteiger charge is -2.23. The average Bonchev–Trinajstić information content (AvgIpc) is 2.73. The van der Waals surface area contributed by atoms with E-state index in [-0.39, 0.29) is 16.9 Å². The molecule has 0 aromatic carbocycles. The van der Waals surface area contributed by atoms with Crippen molar-refractivity contribution in [2.45, 2.75) is 19.9 Å². The molecule has 0 saturated heterocycles. The van der Waals surface area contributed by atoms with E-state index in [9.17, 15) is 8.42 Å². The first kappa shape index (κ1) is 16.0. The second kappa shape index (κ2) is 5.65. The molecule has 2 atom stereocenters. The zero-order valence-corrected chi connectivity index (χ0v) is 14.6. The quantitative estimate of drug-likeness (QED) is 0.907. The molecule has 0 amide bonds. The largest absolute Gasteiger partial charge is 0.276 e. The molecule has 0 fully saturated rings. The summed E-state index contributed by atoms with van der Waals surface area (Å²) < 4.78 is 29.6. The van der Waals surface area contributed by atoms with Crippen LogP contribution < -0.4 is 4.72 Å². The first-order chi connectivity index (χ1) is 10.8. The van der Waals surface area contributed by atoms with E-state index in [1.165, 1.54) is 0 Å². The maximum atomic E-state index is 12.7. The molecule has 6 nitrogen and oxygen atoms in total. The normalized spacial score (nSPS) is 23.3. The van der Waals surface area contributed by atoms with Crippen LogP contribution in [0.5, 0.6) is 0 Å². The number of aryl methyl sites for hydroxylation is 2. The Hall–Kier alpha value is -1.86. The van der Waals surface area contributed by atoms with E-state index in [1.54, 1.807) is 43.0 Å². The number of nitrogens with zero attached hydrogens (tertiary/aromatic N) is 3. The number of sulfonamides is 1. The Kier molecular flexibility index (Phi) is 3.93. The molecule has 3 rings (SSSR count). The van der Waals surface area contributed by atoms with Crippen molar-refractivity contribution in [1.82, 2.24) is 9.78 Å². The third-order valence-corrected chi connectivity index (χ3v) is 5.58. The molecule has 1 aromatic heterocycles. The summed E-state index contributed by atoms with van der Waals surface area (Å²) in [5.41, 5.74) is 1.92. The molecule has 0 radical (unpaired) electrons. The number of aromatic nitrogens is 2. The molecular formula is C15H17ClN4O2S. The maximum Gasteiger partial charge on any atom is 0.261 e. The molecule has 122 valence electrons. The first-order valence-electron chi connectivity index (χ1n) is 7.12. The van der Waals surface area contributed by atoms with E-state index in [2.05, 4.69) is 14.8 Å². The Morgan fingerprint density at radius 3 is 2.65 bits per heavy atom. The fraction of sp³-hybridized carbons (Fsp3) is 0.333. The highest BCUT2D eigenvalue weighted by atomic mass is 35.5. The highest BCUT2D eigenvalue weighted by Gasteiger charge is 2.27. The zero-order chi connectivity index (χ0) is 16.8. The number of rotatable bonds is 3. The molecule has 2 heterocycles. The maximum absolute atomic E-state index is 12.7. The number of hydrogen-bond acceptors (Lipinski definition) is 4. The predicted molar refractivity (Wildman–Crippen MR) is 92.2 cm³/mol. The smallest absolute Gasteiger partial charge is 0.261 e. The molecule has 23 heavy (non-hydrogen) atoms. The Bertz CT molecular complexity index is 878. The minimum Gasteiger partial charge on any atom is -0.276 e. The lowest BCUT2D eigenvalue weighted by Crippen LogP contribution is -2.24.